The molecule has 1 N–H and O–H groups in total. The highest BCUT2D eigenvalue weighted by atomic mass is 35.5. The van der Waals surface area contributed by atoms with E-state index in [0.717, 1.165) is 22.1 Å². The molecule has 0 bridgehead atoms. The van der Waals surface area contributed by atoms with Crippen molar-refractivity contribution >= 4 is 22.9 Å². The van der Waals surface area contributed by atoms with Gasteiger partial charge in [0.2, 0.25) is 0 Å². The highest BCUT2D eigenvalue weighted by Crippen LogP contribution is 2.19. The first-order chi connectivity index (χ1) is 8.19. The van der Waals surface area contributed by atoms with E-state index in [4.69, 9.17) is 11.6 Å². The summed E-state index contributed by atoms with van der Waals surface area (Å²) in [6.45, 7) is 2.11. The first kappa shape index (κ1) is 12.6. The lowest BCUT2D eigenvalue weighted by Gasteiger charge is -2.05. The molecule has 1 atom stereocenters. The third-order valence-corrected chi connectivity index (χ3v) is 3.83. The molecule has 1 heterocycles. The first-order valence-electron chi connectivity index (χ1n) is 5.55. The van der Waals surface area contributed by atoms with E-state index in [1.807, 2.05) is 31.3 Å². The number of hydrogen-bond donors (Lipinski definition) is 1. The smallest absolute Gasteiger partial charge is 0.0972 e. The van der Waals surface area contributed by atoms with Gasteiger partial charge in [0.1, 0.15) is 0 Å². The lowest BCUT2D eigenvalue weighted by atomic mass is 10.2. The normalized spacial score (nSPS) is 12.6. The van der Waals surface area contributed by atoms with E-state index in [0.29, 0.717) is 6.04 Å². The monoisotopic (exact) mass is 266 g/mol. The van der Waals surface area contributed by atoms with Crippen LogP contribution in [0, 0.1) is 0 Å². The van der Waals surface area contributed by atoms with Gasteiger partial charge >= 0.3 is 0 Å². The summed E-state index contributed by atoms with van der Waals surface area (Å²) >= 11 is 7.57. The van der Waals surface area contributed by atoms with Crippen LogP contribution in [-0.4, -0.2) is 12.0 Å². The van der Waals surface area contributed by atoms with Gasteiger partial charge in [0.15, 0.2) is 0 Å². The average molecular weight is 267 g/mol. The zero-order chi connectivity index (χ0) is 12.3. The van der Waals surface area contributed by atoms with Crippen LogP contribution in [0.25, 0.3) is 0 Å². The molecule has 0 aliphatic rings. The van der Waals surface area contributed by atoms with E-state index in [2.05, 4.69) is 22.6 Å². The minimum Gasteiger partial charge on any atom is -0.312 e. The summed E-state index contributed by atoms with van der Waals surface area (Å²) in [5.74, 6) is 0. The predicted octanol–water partition coefficient (Wildman–Crippen LogP) is 3.67. The fourth-order valence-corrected chi connectivity index (χ4v) is 2.58. The van der Waals surface area contributed by atoms with Crippen LogP contribution in [0.1, 0.15) is 29.2 Å². The molecular weight excluding hydrogens is 252 g/mol. The standard InChI is InChI=1S/C13H15ClN2S/c1-9(15-2)12-8-17-13(16-12)7-10-3-5-11(14)6-4-10/h3-6,8-9,15H,7H2,1-2H3. The molecule has 17 heavy (non-hydrogen) atoms. The van der Waals surface area contributed by atoms with E-state index in [1.54, 1.807) is 11.3 Å². The van der Waals surface area contributed by atoms with Gasteiger partial charge in [-0.25, -0.2) is 4.98 Å². The van der Waals surface area contributed by atoms with E-state index < -0.39 is 0 Å². The molecule has 1 aromatic heterocycles. The lowest BCUT2D eigenvalue weighted by Crippen LogP contribution is -2.12. The molecule has 2 rings (SSSR count). The quantitative estimate of drug-likeness (QED) is 0.913. The molecule has 0 aliphatic carbocycles. The summed E-state index contributed by atoms with van der Waals surface area (Å²) in [6.07, 6.45) is 0.873. The molecule has 1 aromatic carbocycles. The third-order valence-electron chi connectivity index (χ3n) is 2.71. The van der Waals surface area contributed by atoms with Crippen LogP contribution in [0.2, 0.25) is 5.02 Å². The fourth-order valence-electron chi connectivity index (χ4n) is 1.53. The van der Waals surface area contributed by atoms with Gasteiger partial charge in [-0.05, 0) is 31.7 Å². The molecule has 0 aliphatic heterocycles. The second kappa shape index (κ2) is 5.63. The van der Waals surface area contributed by atoms with Gasteiger partial charge in [-0.1, -0.05) is 23.7 Å². The van der Waals surface area contributed by atoms with Crippen LogP contribution >= 0.6 is 22.9 Å². The maximum Gasteiger partial charge on any atom is 0.0972 e. The second-order valence-electron chi connectivity index (χ2n) is 3.98. The van der Waals surface area contributed by atoms with Crippen LogP contribution in [0.5, 0.6) is 0 Å². The molecule has 90 valence electrons. The van der Waals surface area contributed by atoms with E-state index >= 15 is 0 Å². The van der Waals surface area contributed by atoms with Gasteiger partial charge in [0.25, 0.3) is 0 Å². The van der Waals surface area contributed by atoms with Crippen molar-refractivity contribution in [2.45, 2.75) is 19.4 Å². The van der Waals surface area contributed by atoms with Gasteiger partial charge < -0.3 is 5.32 Å². The number of aromatic nitrogens is 1. The van der Waals surface area contributed by atoms with Crippen molar-refractivity contribution in [3.05, 3.63) is 50.9 Å². The average Bonchev–Trinajstić information content (AvgIpc) is 2.80. The summed E-state index contributed by atoms with van der Waals surface area (Å²) in [7, 11) is 1.95. The van der Waals surface area contributed by atoms with Crippen molar-refractivity contribution in [3.63, 3.8) is 0 Å². The Labute approximate surface area is 111 Å². The Bertz CT molecular complexity index is 478. The van der Waals surface area contributed by atoms with E-state index in [-0.39, 0.29) is 0 Å². The van der Waals surface area contributed by atoms with Crippen molar-refractivity contribution in [1.82, 2.24) is 10.3 Å². The topological polar surface area (TPSA) is 24.9 Å². The SMILES string of the molecule is CNC(C)c1csc(Cc2ccc(Cl)cc2)n1. The molecule has 0 saturated carbocycles. The molecular formula is C13H15ClN2S. The Hall–Kier alpha value is -0.900. The summed E-state index contributed by atoms with van der Waals surface area (Å²) in [5.41, 5.74) is 2.36. The number of hydrogen-bond acceptors (Lipinski definition) is 3. The van der Waals surface area contributed by atoms with Gasteiger partial charge in [-0.15, -0.1) is 11.3 Å². The Morgan fingerprint density at radius 2 is 2.06 bits per heavy atom. The van der Waals surface area contributed by atoms with Crippen LogP contribution in [0.15, 0.2) is 29.6 Å². The maximum absolute atomic E-state index is 5.86. The summed E-state index contributed by atoms with van der Waals surface area (Å²) < 4.78 is 0. The largest absolute Gasteiger partial charge is 0.312 e. The van der Waals surface area contributed by atoms with Gasteiger partial charge in [0, 0.05) is 22.9 Å². The Balaban J connectivity index is 2.08. The number of nitrogens with zero attached hydrogens (tertiary/aromatic N) is 1. The van der Waals surface area contributed by atoms with Crippen molar-refractivity contribution in [2.24, 2.45) is 0 Å². The van der Waals surface area contributed by atoms with Crippen molar-refractivity contribution in [3.8, 4) is 0 Å². The molecule has 0 fully saturated rings. The molecule has 0 amide bonds. The molecule has 1 unspecified atom stereocenters. The van der Waals surface area contributed by atoms with Gasteiger partial charge in [-0.2, -0.15) is 0 Å². The highest BCUT2D eigenvalue weighted by Gasteiger charge is 2.08. The molecule has 0 spiro atoms. The minimum atomic E-state index is 0.310. The Morgan fingerprint density at radius 3 is 2.71 bits per heavy atom. The molecule has 4 heteroatoms. The molecule has 0 saturated heterocycles. The van der Waals surface area contributed by atoms with Crippen LogP contribution < -0.4 is 5.32 Å². The molecule has 0 radical (unpaired) electrons. The van der Waals surface area contributed by atoms with Crippen molar-refractivity contribution in [1.29, 1.82) is 0 Å². The van der Waals surface area contributed by atoms with Crippen molar-refractivity contribution in [2.75, 3.05) is 7.05 Å². The maximum atomic E-state index is 5.86. The lowest BCUT2D eigenvalue weighted by molar-refractivity contribution is 0.635. The fraction of sp³-hybridized carbons (Fsp3) is 0.308. The van der Waals surface area contributed by atoms with Gasteiger partial charge in [-0.3, -0.25) is 0 Å². The Morgan fingerprint density at radius 1 is 1.35 bits per heavy atom. The summed E-state index contributed by atoms with van der Waals surface area (Å²) in [6, 6.07) is 8.24. The third kappa shape index (κ3) is 3.28. The number of benzene rings is 1. The second-order valence-corrected chi connectivity index (χ2v) is 5.36. The van der Waals surface area contributed by atoms with Crippen LogP contribution in [-0.2, 0) is 6.42 Å². The molecule has 2 aromatic rings. The number of halogens is 1. The number of nitrogens with one attached hydrogen (secondary N) is 1. The Kier molecular flexibility index (Phi) is 4.15. The summed E-state index contributed by atoms with van der Waals surface area (Å²) in [5, 5.41) is 7.23. The zero-order valence-electron chi connectivity index (χ0n) is 9.90. The number of thiazole rings is 1. The van der Waals surface area contributed by atoms with Crippen LogP contribution in [0.3, 0.4) is 0 Å². The highest BCUT2D eigenvalue weighted by molar-refractivity contribution is 7.09. The van der Waals surface area contributed by atoms with Crippen molar-refractivity contribution < 1.29 is 0 Å². The van der Waals surface area contributed by atoms with Crippen LogP contribution in [0.4, 0.5) is 0 Å². The predicted molar refractivity (Wildman–Crippen MR) is 73.8 cm³/mol. The number of rotatable bonds is 4. The van der Waals surface area contributed by atoms with Gasteiger partial charge in [0.05, 0.1) is 10.7 Å². The summed E-state index contributed by atoms with van der Waals surface area (Å²) in [4.78, 5) is 4.62. The zero-order valence-corrected chi connectivity index (χ0v) is 11.5. The molecule has 2 nitrogen and oxygen atoms in total. The van der Waals surface area contributed by atoms with E-state index in [1.165, 1.54) is 5.56 Å². The van der Waals surface area contributed by atoms with E-state index in [9.17, 15) is 0 Å². The first-order valence-corrected chi connectivity index (χ1v) is 6.81. The minimum absolute atomic E-state index is 0.310.